The van der Waals surface area contributed by atoms with E-state index in [-0.39, 0.29) is 0 Å². The van der Waals surface area contributed by atoms with Crippen LogP contribution < -0.4 is 10.6 Å². The summed E-state index contributed by atoms with van der Waals surface area (Å²) < 4.78 is 2.38. The average Bonchev–Trinajstić information content (AvgIpc) is 3.04. The van der Waals surface area contributed by atoms with Crippen LogP contribution in [0.15, 0.2) is 22.9 Å². The molecule has 100 valence electrons. The van der Waals surface area contributed by atoms with Gasteiger partial charge in [-0.1, -0.05) is 0 Å². The van der Waals surface area contributed by atoms with Crippen molar-refractivity contribution in [1.29, 1.82) is 0 Å². The first-order chi connectivity index (χ1) is 9.16. The number of rotatable bonds is 2. The molecule has 0 unspecified atom stereocenters. The summed E-state index contributed by atoms with van der Waals surface area (Å²) in [6, 6.07) is 2.30. The molecule has 0 spiro atoms. The Balaban J connectivity index is 2.08. The lowest BCUT2D eigenvalue weighted by Gasteiger charge is -2.24. The number of nitrogen functional groups attached to an aromatic ring is 1. The van der Waals surface area contributed by atoms with Crippen LogP contribution in [0.4, 0.5) is 11.6 Å². The van der Waals surface area contributed by atoms with E-state index >= 15 is 0 Å². The molecule has 1 fully saturated rings. The van der Waals surface area contributed by atoms with Gasteiger partial charge in [0.25, 0.3) is 5.95 Å². The summed E-state index contributed by atoms with van der Waals surface area (Å²) in [5, 5.41) is 4.15. The zero-order valence-corrected chi connectivity index (χ0v) is 12.2. The summed E-state index contributed by atoms with van der Waals surface area (Å²) in [5.74, 6) is 1.79. The third kappa shape index (κ3) is 2.18. The molecule has 2 aromatic heterocycles. The molecule has 2 aromatic rings. The Hall–Kier alpha value is -1.63. The summed E-state index contributed by atoms with van der Waals surface area (Å²) >= 11 is 3.49. The van der Waals surface area contributed by atoms with Gasteiger partial charge in [-0.15, -0.1) is 0 Å². The minimum absolute atomic E-state index is 0.439. The third-order valence-electron chi connectivity index (χ3n) is 3.38. The van der Waals surface area contributed by atoms with E-state index in [1.54, 1.807) is 17.1 Å². The van der Waals surface area contributed by atoms with E-state index in [0.717, 1.165) is 16.8 Å². The van der Waals surface area contributed by atoms with Gasteiger partial charge >= 0.3 is 0 Å². The molecule has 1 atom stereocenters. The first-order valence-electron chi connectivity index (χ1n) is 6.26. The Morgan fingerprint density at radius 1 is 1.42 bits per heavy atom. The third-order valence-corrected chi connectivity index (χ3v) is 4.14. The zero-order chi connectivity index (χ0) is 13.4. The van der Waals surface area contributed by atoms with Gasteiger partial charge < -0.3 is 10.6 Å². The molecule has 0 aliphatic carbocycles. The highest BCUT2D eigenvalue weighted by molar-refractivity contribution is 9.10. The van der Waals surface area contributed by atoms with Crippen LogP contribution in [0.5, 0.6) is 0 Å². The smallest absolute Gasteiger partial charge is 0.254 e. The Labute approximate surface area is 119 Å². The minimum atomic E-state index is 0.439. The highest BCUT2D eigenvalue weighted by Gasteiger charge is 2.25. The van der Waals surface area contributed by atoms with Gasteiger partial charge in [0.05, 0.1) is 0 Å². The van der Waals surface area contributed by atoms with Crippen LogP contribution in [-0.4, -0.2) is 32.3 Å². The predicted molar refractivity (Wildman–Crippen MR) is 77.3 cm³/mol. The van der Waals surface area contributed by atoms with Crippen LogP contribution in [-0.2, 0) is 0 Å². The Morgan fingerprint density at radius 3 is 2.89 bits per heavy atom. The van der Waals surface area contributed by atoms with Gasteiger partial charge in [-0.3, -0.25) is 0 Å². The first kappa shape index (κ1) is 12.4. The van der Waals surface area contributed by atoms with Crippen molar-refractivity contribution in [3.8, 4) is 5.95 Å². The van der Waals surface area contributed by atoms with Gasteiger partial charge in [0.2, 0.25) is 0 Å². The average molecular weight is 323 g/mol. The van der Waals surface area contributed by atoms with Crippen molar-refractivity contribution in [2.24, 2.45) is 0 Å². The second-order valence-corrected chi connectivity index (χ2v) is 5.47. The molecule has 0 saturated carbocycles. The number of nitrogens with zero attached hydrogens (tertiary/aromatic N) is 5. The molecule has 1 aliphatic rings. The lowest BCUT2D eigenvalue weighted by atomic mass is 10.2. The van der Waals surface area contributed by atoms with Crippen LogP contribution in [0.2, 0.25) is 0 Å². The maximum Gasteiger partial charge on any atom is 0.254 e. The van der Waals surface area contributed by atoms with Crippen molar-refractivity contribution in [3.05, 3.63) is 22.9 Å². The largest absolute Gasteiger partial charge is 0.383 e. The number of anilines is 2. The van der Waals surface area contributed by atoms with Gasteiger partial charge in [-0.25, -0.2) is 4.68 Å². The Bertz CT molecular complexity index is 582. The predicted octanol–water partition coefficient (Wildman–Crippen LogP) is 2.00. The summed E-state index contributed by atoms with van der Waals surface area (Å²) in [7, 11) is 0. The van der Waals surface area contributed by atoms with Gasteiger partial charge in [0, 0.05) is 25.0 Å². The Kier molecular flexibility index (Phi) is 3.14. The van der Waals surface area contributed by atoms with Crippen LogP contribution in [0.25, 0.3) is 5.95 Å². The van der Waals surface area contributed by atoms with Gasteiger partial charge in [-0.2, -0.15) is 15.1 Å². The molecular weight excluding hydrogens is 308 g/mol. The van der Waals surface area contributed by atoms with Crippen molar-refractivity contribution in [1.82, 2.24) is 19.7 Å². The molecule has 0 radical (unpaired) electrons. The number of hydrogen-bond acceptors (Lipinski definition) is 5. The lowest BCUT2D eigenvalue weighted by Crippen LogP contribution is -2.28. The molecule has 2 N–H and O–H groups in total. The molecule has 1 saturated heterocycles. The fourth-order valence-electron chi connectivity index (χ4n) is 2.37. The van der Waals surface area contributed by atoms with Crippen molar-refractivity contribution in [2.45, 2.75) is 25.8 Å². The van der Waals surface area contributed by atoms with E-state index in [2.05, 4.69) is 42.8 Å². The summed E-state index contributed by atoms with van der Waals surface area (Å²) in [4.78, 5) is 11.1. The van der Waals surface area contributed by atoms with Gasteiger partial charge in [0.15, 0.2) is 5.82 Å². The molecule has 19 heavy (non-hydrogen) atoms. The lowest BCUT2D eigenvalue weighted by molar-refractivity contribution is 0.717. The molecule has 0 amide bonds. The van der Waals surface area contributed by atoms with Crippen LogP contribution >= 0.6 is 15.9 Å². The molecule has 1 aliphatic heterocycles. The second-order valence-electron chi connectivity index (χ2n) is 4.68. The van der Waals surface area contributed by atoms with Crippen LogP contribution in [0.3, 0.4) is 0 Å². The van der Waals surface area contributed by atoms with Crippen LogP contribution in [0.1, 0.15) is 19.8 Å². The van der Waals surface area contributed by atoms with Crippen molar-refractivity contribution < 1.29 is 0 Å². The number of hydrogen-bond donors (Lipinski definition) is 1. The first-order valence-corrected chi connectivity index (χ1v) is 7.06. The zero-order valence-electron chi connectivity index (χ0n) is 10.6. The fraction of sp³-hybridized carbons (Fsp3) is 0.417. The normalized spacial score (nSPS) is 19.1. The molecule has 3 heterocycles. The van der Waals surface area contributed by atoms with E-state index in [1.807, 2.05) is 6.07 Å². The fourth-order valence-corrected chi connectivity index (χ4v) is 2.77. The number of nitrogens with two attached hydrogens (primary N) is 1. The maximum atomic E-state index is 5.97. The summed E-state index contributed by atoms with van der Waals surface area (Å²) in [6.07, 6.45) is 5.85. The van der Waals surface area contributed by atoms with Crippen LogP contribution in [0, 0.1) is 0 Å². The second kappa shape index (κ2) is 4.80. The topological polar surface area (TPSA) is 72.9 Å². The molecule has 3 rings (SSSR count). The molecule has 7 heteroatoms. The quantitative estimate of drug-likeness (QED) is 0.915. The van der Waals surface area contributed by atoms with E-state index in [1.165, 1.54) is 12.8 Å². The molecule has 0 aromatic carbocycles. The van der Waals surface area contributed by atoms with E-state index in [4.69, 9.17) is 5.73 Å². The summed E-state index contributed by atoms with van der Waals surface area (Å²) in [5.41, 5.74) is 5.97. The van der Waals surface area contributed by atoms with Crippen molar-refractivity contribution in [2.75, 3.05) is 17.2 Å². The monoisotopic (exact) mass is 322 g/mol. The summed E-state index contributed by atoms with van der Waals surface area (Å²) in [6.45, 7) is 3.19. The number of halogens is 1. The van der Waals surface area contributed by atoms with Crippen molar-refractivity contribution in [3.63, 3.8) is 0 Å². The SMILES string of the molecule is C[C@@H]1CCCN1c1nc(-n2cccn2)nc(N)c1Br. The van der Waals surface area contributed by atoms with Gasteiger partial charge in [-0.05, 0) is 41.8 Å². The highest BCUT2D eigenvalue weighted by atomic mass is 79.9. The van der Waals surface area contributed by atoms with Gasteiger partial charge in [0.1, 0.15) is 10.3 Å². The van der Waals surface area contributed by atoms with E-state index < -0.39 is 0 Å². The van der Waals surface area contributed by atoms with E-state index in [9.17, 15) is 0 Å². The Morgan fingerprint density at radius 2 is 2.26 bits per heavy atom. The maximum absolute atomic E-state index is 5.97. The standard InChI is InChI=1S/C12H15BrN6/c1-8-4-2-6-18(8)11-9(13)10(14)16-12(17-11)19-7-3-5-15-19/h3,5,7-8H,2,4,6H2,1H3,(H2,14,16,17)/t8-/m1/s1. The number of aromatic nitrogens is 4. The van der Waals surface area contributed by atoms with Crippen molar-refractivity contribution >= 4 is 27.6 Å². The van der Waals surface area contributed by atoms with E-state index in [0.29, 0.717) is 17.8 Å². The molecule has 0 bridgehead atoms. The molecule has 6 nitrogen and oxygen atoms in total. The highest BCUT2D eigenvalue weighted by Crippen LogP contribution is 2.33. The minimum Gasteiger partial charge on any atom is -0.383 e. The molecular formula is C12H15BrN6.